The third kappa shape index (κ3) is 18.6. The summed E-state index contributed by atoms with van der Waals surface area (Å²) in [5.74, 6) is 2.05. The standard InChI is InChI=1S/C22H19F4N7O.C22H22FN7O2.C22H22FN7O.C21H21FN8O/c1-31-20(15(11-27-31)16-3-2-4-18(28-16)22(24,25)26)17(34)9-13-5-8-33-19(10-13)29-21(30-33)32-7-6-14(23)12-32;1-28-21(17(12-25-28)18-11-16(32-2)3-6-24-18)19(31)9-14-4-8-30-20(10-14)26-22(27-30)29-7-5-15(23)13-29;1-14-3-6-24-18(9-14)17-12-25-28(2)21(17)19(31)10-15-4-8-30-20(11-15)26-22(27-30)29-7-5-16(23)13-29;1-13-9-23-11-17(25-13)16-10-24-28(2)20(16)18(31)7-14-3-6-30-19(8-14)26-21(27-30)29-5-4-15(22)12-29/h2-5,8,10-11,14H,6-7,9,12H2,1H3;3-4,6,8,10-12,15H,5,7,9,13H2,1-2H3;3-4,6,8-9,11-12,16H,5,7,10,13H2,1-2H3;3,6,8-11,15H,4-5,7,12H2,1-2H3/t14-;15-;16-;15-/m0000/s1. The lowest BCUT2D eigenvalue weighted by atomic mass is 10.0. The topological polar surface area (TPSA) is 347 Å². The summed E-state index contributed by atoms with van der Waals surface area (Å²) in [6.07, 6.45) is 14.3. The number of fused-ring (bicyclic) bond motifs is 4. The molecule has 41 heteroatoms. The molecule has 0 unspecified atom stereocenters. The number of carbonyl (C=O) groups is 4. The lowest BCUT2D eigenvalue weighted by Gasteiger charge is -2.10. The molecule has 128 heavy (non-hydrogen) atoms. The van der Waals surface area contributed by atoms with Crippen molar-refractivity contribution in [1.29, 1.82) is 0 Å². The molecule has 34 nitrogen and oxygen atoms in total. The summed E-state index contributed by atoms with van der Waals surface area (Å²) in [7, 11) is 8.36. The van der Waals surface area contributed by atoms with Crippen LogP contribution in [-0.2, 0) is 60.1 Å². The average molecular weight is 1750 g/mol. The molecule has 4 fully saturated rings. The Morgan fingerprint density at radius 1 is 0.398 bits per heavy atom. The van der Waals surface area contributed by atoms with E-state index in [1.807, 2.05) is 77.1 Å². The minimum Gasteiger partial charge on any atom is -0.497 e. The first-order valence-electron chi connectivity index (χ1n) is 41.1. The molecular weight excluding hydrogens is 1660 g/mol. The van der Waals surface area contributed by atoms with Gasteiger partial charge >= 0.3 is 6.18 Å². The van der Waals surface area contributed by atoms with Gasteiger partial charge in [0.15, 0.2) is 45.7 Å². The van der Waals surface area contributed by atoms with Crippen LogP contribution >= 0.6 is 0 Å². The van der Waals surface area contributed by atoms with Crippen LogP contribution in [-0.4, -0.2) is 230 Å². The quantitative estimate of drug-likeness (QED) is 0.0476. The number of hydrogen-bond donors (Lipinski definition) is 0. The van der Waals surface area contributed by atoms with Crippen molar-refractivity contribution in [1.82, 2.24) is 122 Å². The van der Waals surface area contributed by atoms with Gasteiger partial charge in [-0.25, -0.2) is 45.6 Å². The van der Waals surface area contributed by atoms with Gasteiger partial charge in [-0.1, -0.05) is 6.07 Å². The highest BCUT2D eigenvalue weighted by Crippen LogP contribution is 2.34. The molecule has 20 rings (SSSR count). The number of aromatic nitrogens is 25. The molecule has 20 heterocycles. The molecule has 0 N–H and O–H groups in total. The second-order valence-corrected chi connectivity index (χ2v) is 31.6. The molecule has 0 spiro atoms. The summed E-state index contributed by atoms with van der Waals surface area (Å²) in [6, 6.07) is 25.4. The summed E-state index contributed by atoms with van der Waals surface area (Å²) in [6.45, 7) is 7.38. The van der Waals surface area contributed by atoms with Crippen molar-refractivity contribution in [2.45, 2.75) is 96.1 Å². The Labute approximate surface area is 724 Å². The van der Waals surface area contributed by atoms with Crippen molar-refractivity contribution in [2.75, 3.05) is 79.1 Å². The smallest absolute Gasteiger partial charge is 0.433 e. The van der Waals surface area contributed by atoms with Gasteiger partial charge in [-0.3, -0.25) is 52.9 Å². The number of carbonyl (C=O) groups excluding carboxylic acids is 4. The number of alkyl halides is 7. The maximum absolute atomic E-state index is 13.5. The maximum Gasteiger partial charge on any atom is 0.433 e. The number of halogens is 7. The Balaban J connectivity index is 0.000000120. The lowest BCUT2D eigenvalue weighted by Crippen LogP contribution is -2.21. The molecular formula is C87H84F7N29O5. The second-order valence-electron chi connectivity index (χ2n) is 31.6. The van der Waals surface area contributed by atoms with E-state index in [-0.39, 0.29) is 72.3 Å². The van der Waals surface area contributed by atoms with E-state index in [9.17, 15) is 49.9 Å². The Bertz CT molecular complexity index is 6650. The maximum atomic E-state index is 13.5. The van der Waals surface area contributed by atoms with Gasteiger partial charge in [0, 0.05) is 146 Å². The third-order valence-corrected chi connectivity index (χ3v) is 22.3. The van der Waals surface area contributed by atoms with Gasteiger partial charge in [0.05, 0.1) is 98.3 Å². The van der Waals surface area contributed by atoms with E-state index < -0.39 is 36.6 Å². The van der Waals surface area contributed by atoms with E-state index in [0.29, 0.717) is 169 Å². The fourth-order valence-corrected chi connectivity index (χ4v) is 15.8. The van der Waals surface area contributed by atoms with Crippen LogP contribution in [0.15, 0.2) is 165 Å². The number of ether oxygens (including phenoxy) is 1. The Hall–Kier alpha value is -15.0. The number of Topliss-reactive ketones (excluding diaryl/α,β-unsaturated/α-hetero) is 4. The SMILES string of the molecule is COc1ccnc(-c2cnn(C)c2C(=O)Cc2ccn3nc(N4CC[C@H](F)C4)nc3c2)c1.Cc1ccnc(-c2cnn(C)c2C(=O)Cc2ccn3nc(N4CC[C@H](F)C4)nc3c2)c1.Cc1cncc(-c2cnn(C)c2C(=O)Cc2ccn3nc(N4CC[C@H](F)C4)nc3c2)n1.Cn1ncc(-c2cccc(C(F)(F)F)n2)c1C(=O)Cc1ccn2nc(N3CC[C@H](F)C3)nc2c1. The highest BCUT2D eigenvalue weighted by Gasteiger charge is 2.35. The van der Waals surface area contributed by atoms with Crippen LogP contribution in [0.2, 0.25) is 0 Å². The van der Waals surface area contributed by atoms with Crippen molar-refractivity contribution >= 4 is 69.5 Å². The van der Waals surface area contributed by atoms with Crippen LogP contribution in [0.1, 0.15) is 107 Å². The van der Waals surface area contributed by atoms with Gasteiger partial charge in [-0.05, 0) is 146 Å². The molecule has 0 amide bonds. The summed E-state index contributed by atoms with van der Waals surface area (Å²) < 4.78 is 111. The molecule has 0 radical (unpaired) electrons. The van der Waals surface area contributed by atoms with Crippen molar-refractivity contribution < 1.29 is 54.6 Å². The summed E-state index contributed by atoms with van der Waals surface area (Å²) >= 11 is 0. The fraction of sp³-hybridized carbons (Fsp3) is 0.322. The number of anilines is 4. The zero-order valence-corrected chi connectivity index (χ0v) is 70.4. The van der Waals surface area contributed by atoms with Gasteiger partial charge < -0.3 is 24.3 Å². The van der Waals surface area contributed by atoms with E-state index in [0.717, 1.165) is 45.3 Å². The monoisotopic (exact) mass is 1750 g/mol. The number of methoxy groups -OCH3 is 1. The number of pyridine rings is 7. The first-order valence-corrected chi connectivity index (χ1v) is 41.1. The fourth-order valence-electron chi connectivity index (χ4n) is 15.8. The number of aryl methyl sites for hydroxylation is 6. The third-order valence-electron chi connectivity index (χ3n) is 22.3. The van der Waals surface area contributed by atoms with Crippen molar-refractivity contribution in [2.24, 2.45) is 28.2 Å². The number of ketones is 4. The minimum absolute atomic E-state index is 0.0145. The van der Waals surface area contributed by atoms with E-state index in [4.69, 9.17) is 4.74 Å². The average Bonchev–Trinajstić information content (AvgIpc) is 1.65. The molecule has 16 aromatic rings. The van der Waals surface area contributed by atoms with Crippen molar-refractivity contribution in [3.05, 3.63) is 227 Å². The van der Waals surface area contributed by atoms with Gasteiger partial charge in [0.25, 0.3) is 0 Å². The van der Waals surface area contributed by atoms with Crippen LogP contribution in [0.25, 0.3) is 67.6 Å². The highest BCUT2D eigenvalue weighted by atomic mass is 19.4. The van der Waals surface area contributed by atoms with Gasteiger partial charge in [-0.15, -0.1) is 20.4 Å². The second kappa shape index (κ2) is 35.9. The van der Waals surface area contributed by atoms with Gasteiger partial charge in [0.2, 0.25) is 23.8 Å². The van der Waals surface area contributed by atoms with Crippen LogP contribution in [0.4, 0.5) is 54.5 Å². The van der Waals surface area contributed by atoms with E-state index in [1.54, 1.807) is 165 Å². The molecule has 0 bridgehead atoms. The van der Waals surface area contributed by atoms with Crippen LogP contribution in [0.5, 0.6) is 5.75 Å². The number of hydrogen-bond acceptors (Lipinski definition) is 26. The molecule has 0 aliphatic carbocycles. The first-order chi connectivity index (χ1) is 61.6. The molecule has 4 aliphatic heterocycles. The zero-order chi connectivity index (χ0) is 89.3. The van der Waals surface area contributed by atoms with Gasteiger partial charge in [0.1, 0.15) is 58.9 Å². The lowest BCUT2D eigenvalue weighted by molar-refractivity contribution is -0.141. The van der Waals surface area contributed by atoms with Gasteiger partial charge in [-0.2, -0.15) is 53.5 Å². The molecule has 656 valence electrons. The number of nitrogens with zero attached hydrogens (tertiary/aromatic N) is 29. The minimum atomic E-state index is -4.60. The summed E-state index contributed by atoms with van der Waals surface area (Å²) in [4.78, 5) is 99.1. The largest absolute Gasteiger partial charge is 0.497 e. The van der Waals surface area contributed by atoms with E-state index in [1.165, 1.54) is 23.0 Å². The Morgan fingerprint density at radius 2 is 0.742 bits per heavy atom. The Kier molecular flexibility index (Phi) is 23.9. The van der Waals surface area contributed by atoms with E-state index >= 15 is 0 Å². The highest BCUT2D eigenvalue weighted by molar-refractivity contribution is 6.04. The summed E-state index contributed by atoms with van der Waals surface area (Å²) in [5, 5.41) is 34.5. The molecule has 0 saturated carbocycles. The molecule has 4 saturated heterocycles. The first kappa shape index (κ1) is 85.2. The number of rotatable bonds is 21. The zero-order valence-electron chi connectivity index (χ0n) is 70.4. The molecule has 4 aliphatic rings. The van der Waals surface area contributed by atoms with Crippen molar-refractivity contribution in [3.8, 4) is 50.8 Å². The van der Waals surface area contributed by atoms with Crippen molar-refractivity contribution in [3.63, 3.8) is 0 Å². The molecule has 4 atom stereocenters. The predicted octanol–water partition coefficient (Wildman–Crippen LogP) is 11.0. The Morgan fingerprint density at radius 3 is 1.07 bits per heavy atom. The summed E-state index contributed by atoms with van der Waals surface area (Å²) in [5.41, 5.74) is 12.1. The predicted molar refractivity (Wildman–Crippen MR) is 456 cm³/mol. The molecule has 0 aromatic carbocycles. The van der Waals surface area contributed by atoms with Crippen LogP contribution < -0.4 is 24.3 Å². The van der Waals surface area contributed by atoms with Crippen LogP contribution in [0, 0.1) is 13.8 Å². The normalized spacial score (nSPS) is 16.3. The van der Waals surface area contributed by atoms with E-state index in [2.05, 4.69) is 85.6 Å². The molecule has 16 aromatic heterocycles. The van der Waals surface area contributed by atoms with Crippen LogP contribution in [0.3, 0.4) is 0 Å².